The van der Waals surface area contributed by atoms with Gasteiger partial charge in [-0.15, -0.1) is 0 Å². The highest BCUT2D eigenvalue weighted by Gasteiger charge is 2.13. The average molecular weight is 391 g/mol. The summed E-state index contributed by atoms with van der Waals surface area (Å²) in [6.45, 7) is 0. The quantitative estimate of drug-likeness (QED) is 0.516. The number of nitrogens with zero attached hydrogens (tertiary/aromatic N) is 2. The van der Waals surface area contributed by atoms with Crippen molar-refractivity contribution in [2.24, 2.45) is 7.05 Å². The topological polar surface area (TPSA) is 89.2 Å². The minimum Gasteiger partial charge on any atom is -0.455 e. The number of carbonyl (C=O) groups excluding carboxylic acids is 2. The zero-order valence-electron chi connectivity index (χ0n) is 13.7. The van der Waals surface area contributed by atoms with E-state index in [0.717, 1.165) is 5.16 Å². The third kappa shape index (κ3) is 4.47. The fourth-order valence-corrected chi connectivity index (χ4v) is 3.01. The maximum atomic E-state index is 12.1. The molecule has 0 bridgehead atoms. The van der Waals surface area contributed by atoms with E-state index in [1.165, 1.54) is 11.8 Å². The maximum Gasteiger partial charge on any atom is 0.305 e. The number of nitrogens with one attached hydrogen (secondary N) is 2. The van der Waals surface area contributed by atoms with Gasteiger partial charge in [-0.05, 0) is 36.4 Å². The first-order valence-corrected chi connectivity index (χ1v) is 8.94. The predicted octanol–water partition coefficient (Wildman–Crippen LogP) is 3.03. The normalized spacial score (nSPS) is 10.5. The van der Waals surface area contributed by atoms with E-state index >= 15 is 0 Å². The summed E-state index contributed by atoms with van der Waals surface area (Å²) in [5, 5.41) is 1.37. The number of rotatable bonds is 5. The number of halogens is 1. The number of benzene rings is 1. The Balaban J connectivity index is 1.52. The van der Waals surface area contributed by atoms with Crippen molar-refractivity contribution in [1.82, 2.24) is 20.4 Å². The molecule has 134 valence electrons. The smallest absolute Gasteiger partial charge is 0.305 e. The van der Waals surface area contributed by atoms with Gasteiger partial charge >= 0.3 is 5.91 Å². The highest BCUT2D eigenvalue weighted by atomic mass is 35.5. The number of furan rings is 1. The second kappa shape index (κ2) is 8.11. The SMILES string of the molecule is Cn1ccnc1SCc1ccc(C(=O)NNC(=O)c2ccc(Cl)cc2)o1. The van der Waals surface area contributed by atoms with E-state index < -0.39 is 11.8 Å². The van der Waals surface area contributed by atoms with Crippen molar-refractivity contribution < 1.29 is 14.0 Å². The van der Waals surface area contributed by atoms with E-state index in [9.17, 15) is 9.59 Å². The molecule has 0 saturated carbocycles. The largest absolute Gasteiger partial charge is 0.455 e. The van der Waals surface area contributed by atoms with Crippen LogP contribution in [-0.4, -0.2) is 21.4 Å². The van der Waals surface area contributed by atoms with E-state index in [4.69, 9.17) is 16.0 Å². The summed E-state index contributed by atoms with van der Waals surface area (Å²) in [7, 11) is 1.90. The predicted molar refractivity (Wildman–Crippen MR) is 97.9 cm³/mol. The molecular weight excluding hydrogens is 376 g/mol. The molecule has 7 nitrogen and oxygen atoms in total. The second-order valence-corrected chi connectivity index (χ2v) is 6.67. The molecule has 0 fully saturated rings. The van der Waals surface area contributed by atoms with Crippen molar-refractivity contribution in [3.8, 4) is 0 Å². The van der Waals surface area contributed by atoms with Crippen molar-refractivity contribution >= 4 is 35.2 Å². The van der Waals surface area contributed by atoms with Gasteiger partial charge in [0, 0.05) is 30.0 Å². The number of amides is 2. The number of thioether (sulfide) groups is 1. The lowest BCUT2D eigenvalue weighted by Crippen LogP contribution is -2.41. The molecule has 0 aliphatic carbocycles. The molecule has 1 aromatic carbocycles. The van der Waals surface area contributed by atoms with Gasteiger partial charge < -0.3 is 8.98 Å². The van der Waals surface area contributed by atoms with Gasteiger partial charge in [-0.2, -0.15) is 0 Å². The molecule has 2 aromatic heterocycles. The highest BCUT2D eigenvalue weighted by Crippen LogP contribution is 2.21. The van der Waals surface area contributed by atoms with Crippen LogP contribution < -0.4 is 10.9 Å². The fourth-order valence-electron chi connectivity index (χ4n) is 2.05. The third-order valence-corrected chi connectivity index (χ3v) is 4.73. The van der Waals surface area contributed by atoms with Crippen molar-refractivity contribution in [2.45, 2.75) is 10.9 Å². The molecule has 2 amide bonds. The summed E-state index contributed by atoms with van der Waals surface area (Å²) in [4.78, 5) is 28.2. The van der Waals surface area contributed by atoms with Crippen LogP contribution in [0.3, 0.4) is 0 Å². The van der Waals surface area contributed by atoms with E-state index in [1.807, 2.05) is 17.8 Å². The minimum atomic E-state index is -0.541. The van der Waals surface area contributed by atoms with E-state index in [-0.39, 0.29) is 5.76 Å². The van der Waals surface area contributed by atoms with Crippen LogP contribution in [0, 0.1) is 0 Å². The first kappa shape index (κ1) is 18.1. The van der Waals surface area contributed by atoms with Crippen molar-refractivity contribution in [1.29, 1.82) is 0 Å². The Labute approximate surface area is 158 Å². The molecule has 0 aliphatic rings. The second-order valence-electron chi connectivity index (χ2n) is 5.29. The average Bonchev–Trinajstić information content (AvgIpc) is 3.27. The summed E-state index contributed by atoms with van der Waals surface area (Å²) in [6, 6.07) is 9.57. The van der Waals surface area contributed by atoms with Crippen LogP contribution in [0.1, 0.15) is 26.7 Å². The summed E-state index contributed by atoms with van der Waals surface area (Å²) in [6.07, 6.45) is 3.57. The van der Waals surface area contributed by atoms with Crippen LogP contribution in [0.25, 0.3) is 0 Å². The van der Waals surface area contributed by atoms with E-state index in [1.54, 1.807) is 42.6 Å². The Bertz CT molecular complexity index is 920. The molecule has 2 heterocycles. The van der Waals surface area contributed by atoms with Crippen LogP contribution in [0.15, 0.2) is 58.4 Å². The minimum absolute atomic E-state index is 0.108. The number of carbonyl (C=O) groups is 2. The molecule has 2 N–H and O–H groups in total. The molecule has 0 atom stereocenters. The van der Waals surface area contributed by atoms with Crippen LogP contribution >= 0.6 is 23.4 Å². The lowest BCUT2D eigenvalue weighted by Gasteiger charge is -2.06. The van der Waals surface area contributed by atoms with Gasteiger partial charge in [0.05, 0.1) is 5.75 Å². The Morgan fingerprint density at radius 3 is 2.58 bits per heavy atom. The number of hydrogen-bond donors (Lipinski definition) is 2. The zero-order chi connectivity index (χ0) is 18.5. The van der Waals surface area contributed by atoms with Crippen molar-refractivity contribution in [3.05, 3.63) is 70.9 Å². The Morgan fingerprint density at radius 1 is 1.15 bits per heavy atom. The molecule has 3 aromatic rings. The first-order chi connectivity index (χ1) is 12.5. The zero-order valence-corrected chi connectivity index (χ0v) is 15.3. The van der Waals surface area contributed by atoms with Gasteiger partial charge in [-0.1, -0.05) is 23.4 Å². The molecule has 26 heavy (non-hydrogen) atoms. The highest BCUT2D eigenvalue weighted by molar-refractivity contribution is 7.98. The van der Waals surface area contributed by atoms with Crippen LogP contribution in [0.5, 0.6) is 0 Å². The van der Waals surface area contributed by atoms with Crippen LogP contribution in [-0.2, 0) is 12.8 Å². The van der Waals surface area contributed by atoms with Gasteiger partial charge in [0.25, 0.3) is 5.91 Å². The maximum absolute atomic E-state index is 12.1. The van der Waals surface area contributed by atoms with Crippen molar-refractivity contribution in [2.75, 3.05) is 0 Å². The monoisotopic (exact) mass is 390 g/mol. The van der Waals surface area contributed by atoms with Crippen LogP contribution in [0.2, 0.25) is 5.02 Å². The lowest BCUT2D eigenvalue weighted by molar-refractivity contribution is 0.0830. The van der Waals surface area contributed by atoms with E-state index in [0.29, 0.717) is 22.1 Å². The van der Waals surface area contributed by atoms with Gasteiger partial charge in [-0.25, -0.2) is 4.98 Å². The Morgan fingerprint density at radius 2 is 1.88 bits per heavy atom. The van der Waals surface area contributed by atoms with Crippen LogP contribution in [0.4, 0.5) is 0 Å². The standard InChI is InChI=1S/C17H15ClN4O3S/c1-22-9-8-19-17(22)26-10-13-6-7-14(25-13)16(24)21-20-15(23)11-2-4-12(18)5-3-11/h2-9H,10H2,1H3,(H,20,23)(H,21,24). The molecule has 0 saturated heterocycles. The molecule has 0 spiro atoms. The molecular formula is C17H15ClN4O3S. The number of imidazole rings is 1. The molecule has 0 aliphatic heterocycles. The number of hydrogen-bond acceptors (Lipinski definition) is 5. The first-order valence-electron chi connectivity index (χ1n) is 7.58. The summed E-state index contributed by atoms with van der Waals surface area (Å²) >= 11 is 7.27. The Kier molecular flexibility index (Phi) is 5.65. The summed E-state index contributed by atoms with van der Waals surface area (Å²) in [5.41, 5.74) is 5.02. The van der Waals surface area contributed by atoms with Gasteiger partial charge in [0.2, 0.25) is 0 Å². The lowest BCUT2D eigenvalue weighted by atomic mass is 10.2. The van der Waals surface area contributed by atoms with Gasteiger partial charge in [-0.3, -0.25) is 20.4 Å². The molecule has 9 heteroatoms. The third-order valence-electron chi connectivity index (χ3n) is 3.40. The number of aromatic nitrogens is 2. The van der Waals surface area contributed by atoms with Crippen molar-refractivity contribution in [3.63, 3.8) is 0 Å². The molecule has 0 radical (unpaired) electrons. The summed E-state index contributed by atoms with van der Waals surface area (Å²) in [5.74, 6) is 0.284. The van der Waals surface area contributed by atoms with Gasteiger partial charge in [0.15, 0.2) is 10.9 Å². The fraction of sp³-hybridized carbons (Fsp3) is 0.118. The molecule has 0 unspecified atom stereocenters. The Hall–Kier alpha value is -2.71. The number of aryl methyl sites for hydroxylation is 1. The van der Waals surface area contributed by atoms with Gasteiger partial charge in [0.1, 0.15) is 5.76 Å². The molecule has 3 rings (SSSR count). The van der Waals surface area contributed by atoms with E-state index in [2.05, 4.69) is 15.8 Å². The summed E-state index contributed by atoms with van der Waals surface area (Å²) < 4.78 is 7.40. The number of hydrazine groups is 1.